The number of hydrogen-bond donors (Lipinski definition) is 0. The molecule has 0 N–H and O–H groups in total. The average Bonchev–Trinajstić information content (AvgIpc) is 2.50. The first-order valence-corrected chi connectivity index (χ1v) is 6.57. The van der Waals surface area contributed by atoms with Crippen molar-refractivity contribution in [3.05, 3.63) is 37.0 Å². The minimum absolute atomic E-state index is 0.707. The molecular formula is C9H4Br2ClNS. The van der Waals surface area contributed by atoms with Gasteiger partial charge in [-0.1, -0.05) is 27.5 Å². The normalized spacial score (nSPS) is 10.5. The molecule has 72 valence electrons. The van der Waals surface area contributed by atoms with Crippen molar-refractivity contribution in [2.24, 2.45) is 0 Å². The van der Waals surface area contributed by atoms with Crippen molar-refractivity contribution in [3.63, 3.8) is 0 Å². The molecule has 2 rings (SSSR count). The first-order chi connectivity index (χ1) is 6.65. The Kier molecular flexibility index (Phi) is 3.27. The number of hydrogen-bond acceptors (Lipinski definition) is 2. The molecule has 0 saturated carbocycles. The molecule has 0 amide bonds. The summed E-state index contributed by atoms with van der Waals surface area (Å²) in [6, 6.07) is 5.74. The highest BCUT2D eigenvalue weighted by Gasteiger charge is 2.04. The number of rotatable bonds is 1. The molecule has 0 radical (unpaired) electrons. The van der Waals surface area contributed by atoms with Crippen molar-refractivity contribution in [1.29, 1.82) is 0 Å². The van der Waals surface area contributed by atoms with E-state index >= 15 is 0 Å². The fraction of sp³-hybridized carbons (Fsp3) is 0. The van der Waals surface area contributed by atoms with Gasteiger partial charge in [-0.2, -0.15) is 0 Å². The predicted molar refractivity (Wildman–Crippen MR) is 68.0 cm³/mol. The van der Waals surface area contributed by atoms with Crippen molar-refractivity contribution in [2.75, 3.05) is 0 Å². The molecule has 0 aliphatic carbocycles. The Balaban J connectivity index is 2.51. The number of thiazole rings is 1. The Morgan fingerprint density at radius 2 is 2.00 bits per heavy atom. The summed E-state index contributed by atoms with van der Waals surface area (Å²) in [6.07, 6.45) is 0. The monoisotopic (exact) mass is 351 g/mol. The van der Waals surface area contributed by atoms with Crippen LogP contribution in [-0.2, 0) is 0 Å². The summed E-state index contributed by atoms with van der Waals surface area (Å²) in [5.74, 6) is 0. The fourth-order valence-electron chi connectivity index (χ4n) is 1.09. The van der Waals surface area contributed by atoms with Gasteiger partial charge < -0.3 is 0 Å². The minimum Gasteiger partial charge on any atom is -0.229 e. The predicted octanol–water partition coefficient (Wildman–Crippen LogP) is 4.99. The Morgan fingerprint density at radius 1 is 1.21 bits per heavy atom. The molecule has 0 spiro atoms. The molecule has 1 heterocycles. The van der Waals surface area contributed by atoms with Crippen molar-refractivity contribution in [3.8, 4) is 11.3 Å². The van der Waals surface area contributed by atoms with Crippen molar-refractivity contribution in [2.45, 2.75) is 0 Å². The minimum atomic E-state index is 0.707. The van der Waals surface area contributed by atoms with Gasteiger partial charge in [-0.25, -0.2) is 4.98 Å². The zero-order chi connectivity index (χ0) is 10.1. The summed E-state index contributed by atoms with van der Waals surface area (Å²) < 4.78 is 1.84. The van der Waals surface area contributed by atoms with Gasteiger partial charge in [0.15, 0.2) is 3.92 Å². The molecule has 0 aliphatic heterocycles. The fourth-order valence-corrected chi connectivity index (χ4v) is 2.97. The molecule has 5 heteroatoms. The molecule has 0 fully saturated rings. The van der Waals surface area contributed by atoms with Crippen LogP contribution in [0.25, 0.3) is 11.3 Å². The molecule has 0 unspecified atom stereocenters. The van der Waals surface area contributed by atoms with Gasteiger partial charge in [-0.15, -0.1) is 11.3 Å². The topological polar surface area (TPSA) is 12.9 Å². The smallest absolute Gasteiger partial charge is 0.159 e. The van der Waals surface area contributed by atoms with Crippen LogP contribution in [0.3, 0.4) is 0 Å². The van der Waals surface area contributed by atoms with Gasteiger partial charge in [0, 0.05) is 20.4 Å². The molecule has 1 nitrogen and oxygen atoms in total. The Labute approximate surface area is 107 Å². The maximum absolute atomic E-state index is 5.94. The van der Waals surface area contributed by atoms with E-state index in [2.05, 4.69) is 36.8 Å². The molecule has 0 bridgehead atoms. The molecule has 1 aromatic heterocycles. The van der Waals surface area contributed by atoms with Gasteiger partial charge in [-0.05, 0) is 34.1 Å². The van der Waals surface area contributed by atoms with E-state index in [9.17, 15) is 0 Å². The van der Waals surface area contributed by atoms with Gasteiger partial charge in [-0.3, -0.25) is 0 Å². The van der Waals surface area contributed by atoms with E-state index in [4.69, 9.17) is 11.6 Å². The van der Waals surface area contributed by atoms with Crippen LogP contribution in [0.5, 0.6) is 0 Å². The summed E-state index contributed by atoms with van der Waals surface area (Å²) in [7, 11) is 0. The molecule has 0 saturated heterocycles. The van der Waals surface area contributed by atoms with Gasteiger partial charge in [0.25, 0.3) is 0 Å². The third-order valence-electron chi connectivity index (χ3n) is 1.63. The summed E-state index contributed by atoms with van der Waals surface area (Å²) in [5.41, 5.74) is 1.96. The van der Waals surface area contributed by atoms with Crippen LogP contribution in [0.4, 0.5) is 0 Å². The third-order valence-corrected chi connectivity index (χ3v) is 3.68. The average molecular weight is 353 g/mol. The molecule has 14 heavy (non-hydrogen) atoms. The van der Waals surface area contributed by atoms with E-state index in [0.29, 0.717) is 5.02 Å². The molecule has 0 aliphatic rings. The maximum atomic E-state index is 5.94. The van der Waals surface area contributed by atoms with Crippen LogP contribution < -0.4 is 0 Å². The second kappa shape index (κ2) is 4.31. The van der Waals surface area contributed by atoms with E-state index in [0.717, 1.165) is 19.6 Å². The zero-order valence-electron chi connectivity index (χ0n) is 6.80. The van der Waals surface area contributed by atoms with Gasteiger partial charge in [0.1, 0.15) is 0 Å². The largest absolute Gasteiger partial charge is 0.229 e. The lowest BCUT2D eigenvalue weighted by Crippen LogP contribution is -1.78. The van der Waals surface area contributed by atoms with E-state index in [-0.39, 0.29) is 0 Å². The Morgan fingerprint density at radius 3 is 2.57 bits per heavy atom. The number of nitrogens with zero attached hydrogens (tertiary/aromatic N) is 1. The summed E-state index contributed by atoms with van der Waals surface area (Å²) in [6.45, 7) is 0. The zero-order valence-corrected chi connectivity index (χ0v) is 11.5. The van der Waals surface area contributed by atoms with Crippen molar-refractivity contribution in [1.82, 2.24) is 4.98 Å². The molecular weight excluding hydrogens is 349 g/mol. The van der Waals surface area contributed by atoms with Gasteiger partial charge in [0.2, 0.25) is 0 Å². The SMILES string of the molecule is Clc1cc(Br)cc(-c2csc(Br)n2)c1. The van der Waals surface area contributed by atoms with Crippen LogP contribution >= 0.6 is 54.8 Å². The van der Waals surface area contributed by atoms with Gasteiger partial charge >= 0.3 is 0 Å². The lowest BCUT2D eigenvalue weighted by molar-refractivity contribution is 1.37. The first-order valence-electron chi connectivity index (χ1n) is 3.72. The van der Waals surface area contributed by atoms with Crippen LogP contribution in [0.1, 0.15) is 0 Å². The highest BCUT2D eigenvalue weighted by molar-refractivity contribution is 9.11. The number of aromatic nitrogens is 1. The van der Waals surface area contributed by atoms with Crippen molar-refractivity contribution >= 4 is 54.8 Å². The maximum Gasteiger partial charge on any atom is 0.159 e. The Bertz CT molecular complexity index is 449. The van der Waals surface area contributed by atoms with Crippen LogP contribution in [0, 0.1) is 0 Å². The quantitative estimate of drug-likeness (QED) is 0.704. The van der Waals surface area contributed by atoms with E-state index in [1.807, 2.05) is 23.6 Å². The highest BCUT2D eigenvalue weighted by Crippen LogP contribution is 2.29. The molecule has 2 aromatic rings. The van der Waals surface area contributed by atoms with Gasteiger partial charge in [0.05, 0.1) is 5.69 Å². The third kappa shape index (κ3) is 2.37. The van der Waals surface area contributed by atoms with E-state index in [1.54, 1.807) is 11.3 Å². The number of halogens is 3. The molecule has 0 atom stereocenters. The second-order valence-corrected chi connectivity index (χ2v) is 6.13. The van der Waals surface area contributed by atoms with Crippen LogP contribution in [-0.4, -0.2) is 4.98 Å². The molecule has 1 aromatic carbocycles. The Hall–Kier alpha value is 0.1000. The number of benzene rings is 1. The standard InChI is InChI=1S/C9H4Br2ClNS/c10-6-1-5(2-7(12)3-6)8-4-14-9(11)13-8/h1-4H. The highest BCUT2D eigenvalue weighted by atomic mass is 79.9. The first kappa shape index (κ1) is 10.6. The van der Waals surface area contributed by atoms with Crippen molar-refractivity contribution < 1.29 is 0 Å². The summed E-state index contributed by atoms with van der Waals surface area (Å²) >= 11 is 14.2. The lowest BCUT2D eigenvalue weighted by Gasteiger charge is -1.98. The van der Waals surface area contributed by atoms with E-state index in [1.165, 1.54) is 0 Å². The lowest BCUT2D eigenvalue weighted by atomic mass is 10.2. The summed E-state index contributed by atoms with van der Waals surface area (Å²) in [4.78, 5) is 4.32. The van der Waals surface area contributed by atoms with Crippen LogP contribution in [0.2, 0.25) is 5.02 Å². The summed E-state index contributed by atoms with van der Waals surface area (Å²) in [5, 5.41) is 2.70. The second-order valence-electron chi connectivity index (χ2n) is 2.64. The van der Waals surface area contributed by atoms with E-state index < -0.39 is 0 Å². The van der Waals surface area contributed by atoms with Crippen LogP contribution in [0.15, 0.2) is 32.0 Å².